The first-order valence-corrected chi connectivity index (χ1v) is 2.69. The van der Waals surface area contributed by atoms with Crippen LogP contribution in [0.1, 0.15) is 0 Å². The number of nitrogens with one attached hydrogen (secondary N) is 1. The summed E-state index contributed by atoms with van der Waals surface area (Å²) >= 11 is 0. The number of aromatic hydroxyl groups is 1. The lowest BCUT2D eigenvalue weighted by atomic mass is 10.6. The maximum atomic E-state index is 10.0. The average molecular weight is 155 g/mol. The summed E-state index contributed by atoms with van der Waals surface area (Å²) in [5, 5.41) is 18.8. The zero-order chi connectivity index (χ0) is 8.27. The van der Waals surface area contributed by atoms with Crippen molar-refractivity contribution >= 4 is 12.0 Å². The number of nitrogens with zero attached hydrogens (tertiary/aromatic N) is 2. The number of rotatable bonds is 1. The Morgan fingerprint density at radius 2 is 2.00 bits per heavy atom. The molecule has 1 aromatic heterocycles. The highest BCUT2D eigenvalue weighted by Crippen LogP contribution is 2.04. The molecule has 0 bridgehead atoms. The Balaban J connectivity index is 2.74. The number of carboxylic acid groups (broad SMARTS) is 1. The summed E-state index contributed by atoms with van der Waals surface area (Å²) in [5.74, 6) is -0.170. The third-order valence-electron chi connectivity index (χ3n) is 0.857. The van der Waals surface area contributed by atoms with Crippen molar-refractivity contribution in [3.8, 4) is 5.75 Å². The summed E-state index contributed by atoms with van der Waals surface area (Å²) in [6.07, 6.45) is 0.951. The van der Waals surface area contributed by atoms with Crippen LogP contribution in [0.2, 0.25) is 0 Å². The maximum Gasteiger partial charge on any atom is 0.411 e. The van der Waals surface area contributed by atoms with Gasteiger partial charge in [-0.15, -0.1) is 0 Å². The molecule has 1 rings (SSSR count). The van der Waals surface area contributed by atoms with Crippen molar-refractivity contribution in [1.29, 1.82) is 0 Å². The second kappa shape index (κ2) is 2.82. The van der Waals surface area contributed by atoms with Gasteiger partial charge in [0, 0.05) is 0 Å². The number of hydrogen-bond donors (Lipinski definition) is 3. The lowest BCUT2D eigenvalue weighted by molar-refractivity contribution is 0.209. The Morgan fingerprint density at radius 3 is 2.45 bits per heavy atom. The number of anilines is 1. The normalized spacial score (nSPS) is 9.09. The van der Waals surface area contributed by atoms with E-state index in [0.717, 1.165) is 12.4 Å². The van der Waals surface area contributed by atoms with Gasteiger partial charge < -0.3 is 10.2 Å². The molecule has 58 valence electrons. The van der Waals surface area contributed by atoms with Crippen LogP contribution in [-0.4, -0.2) is 26.3 Å². The molecule has 6 heteroatoms. The first-order valence-electron chi connectivity index (χ1n) is 2.69. The minimum Gasteiger partial charge on any atom is -0.505 e. The van der Waals surface area contributed by atoms with Crippen LogP contribution in [-0.2, 0) is 0 Å². The quantitative estimate of drug-likeness (QED) is 0.541. The molecule has 6 nitrogen and oxygen atoms in total. The fraction of sp³-hybridized carbons (Fsp3) is 0. The highest BCUT2D eigenvalue weighted by Gasteiger charge is 1.98. The fourth-order valence-electron chi connectivity index (χ4n) is 0.481. The van der Waals surface area contributed by atoms with E-state index in [1.54, 1.807) is 0 Å². The molecule has 1 heterocycles. The molecule has 1 amide bonds. The highest BCUT2D eigenvalue weighted by molar-refractivity contribution is 5.80. The fourth-order valence-corrected chi connectivity index (χ4v) is 0.481. The number of amides is 1. The molecule has 0 unspecified atom stereocenters. The van der Waals surface area contributed by atoms with Crippen molar-refractivity contribution in [1.82, 2.24) is 9.97 Å². The molecule has 3 N–H and O–H groups in total. The van der Waals surface area contributed by atoms with E-state index in [2.05, 4.69) is 9.97 Å². The minimum atomic E-state index is -1.24. The van der Waals surface area contributed by atoms with Gasteiger partial charge in [-0.1, -0.05) is 0 Å². The second-order valence-electron chi connectivity index (χ2n) is 1.70. The van der Waals surface area contributed by atoms with Gasteiger partial charge in [0.25, 0.3) is 0 Å². The third kappa shape index (κ3) is 2.09. The Bertz CT molecular complexity index is 258. The van der Waals surface area contributed by atoms with Gasteiger partial charge in [0.15, 0.2) is 5.75 Å². The van der Waals surface area contributed by atoms with Gasteiger partial charge >= 0.3 is 6.09 Å². The lowest BCUT2D eigenvalue weighted by Gasteiger charge is -1.96. The molecule has 1 aromatic rings. The predicted octanol–water partition coefficient (Wildman–Crippen LogP) is 0.272. The Hall–Kier alpha value is -1.85. The molecule has 0 saturated carbocycles. The van der Waals surface area contributed by atoms with Gasteiger partial charge in [-0.2, -0.15) is 0 Å². The zero-order valence-electron chi connectivity index (χ0n) is 5.35. The lowest BCUT2D eigenvalue weighted by Crippen LogP contribution is -2.09. The Kier molecular flexibility index (Phi) is 1.86. The van der Waals surface area contributed by atoms with E-state index < -0.39 is 6.09 Å². The van der Waals surface area contributed by atoms with Crippen LogP contribution in [0.5, 0.6) is 5.75 Å². The summed E-state index contributed by atoms with van der Waals surface area (Å²) in [5.41, 5.74) is 0. The molecule has 0 aromatic carbocycles. The summed E-state index contributed by atoms with van der Waals surface area (Å²) in [4.78, 5) is 16.9. The first kappa shape index (κ1) is 7.26. The second-order valence-corrected chi connectivity index (χ2v) is 1.70. The van der Waals surface area contributed by atoms with E-state index in [9.17, 15) is 4.79 Å². The van der Waals surface area contributed by atoms with E-state index in [4.69, 9.17) is 10.2 Å². The van der Waals surface area contributed by atoms with Crippen LogP contribution in [0.15, 0.2) is 12.4 Å². The summed E-state index contributed by atoms with van der Waals surface area (Å²) in [6.45, 7) is 0. The molecule has 0 atom stereocenters. The van der Waals surface area contributed by atoms with Crippen molar-refractivity contribution < 1.29 is 15.0 Å². The van der Waals surface area contributed by atoms with Gasteiger partial charge in [-0.05, 0) is 0 Å². The number of aromatic nitrogens is 2. The van der Waals surface area contributed by atoms with Gasteiger partial charge in [0.1, 0.15) is 0 Å². The van der Waals surface area contributed by atoms with Crippen molar-refractivity contribution in [2.75, 3.05) is 5.32 Å². The average Bonchev–Trinajstić information content (AvgIpc) is 1.93. The predicted molar refractivity (Wildman–Crippen MR) is 35.3 cm³/mol. The molecule has 0 spiro atoms. The summed E-state index contributed by atoms with van der Waals surface area (Å²) in [6, 6.07) is 0. The van der Waals surface area contributed by atoms with Gasteiger partial charge in [-0.25, -0.2) is 14.8 Å². The van der Waals surface area contributed by atoms with Crippen molar-refractivity contribution in [2.24, 2.45) is 0 Å². The largest absolute Gasteiger partial charge is 0.505 e. The Morgan fingerprint density at radius 1 is 1.45 bits per heavy atom. The molecular weight excluding hydrogens is 150 g/mol. The Labute approximate surface area is 61.5 Å². The number of hydrogen-bond acceptors (Lipinski definition) is 4. The standard InChI is InChI=1S/C5H5N3O3/c9-3-1-6-4(7-2-3)8-5(10)11/h1-2,9H,(H,10,11)(H,6,7,8). The van der Waals surface area contributed by atoms with Crippen LogP contribution in [0, 0.1) is 0 Å². The first-order chi connectivity index (χ1) is 5.18. The molecule has 0 saturated heterocycles. The van der Waals surface area contributed by atoms with E-state index in [0.29, 0.717) is 0 Å². The zero-order valence-corrected chi connectivity index (χ0v) is 5.35. The van der Waals surface area contributed by atoms with Crippen LogP contribution in [0.4, 0.5) is 10.7 Å². The van der Waals surface area contributed by atoms with Gasteiger partial charge in [0.05, 0.1) is 12.4 Å². The van der Waals surface area contributed by atoms with E-state index in [1.807, 2.05) is 5.32 Å². The monoisotopic (exact) mass is 155 g/mol. The molecule has 0 aliphatic heterocycles. The summed E-state index contributed by atoms with van der Waals surface area (Å²) in [7, 11) is 0. The smallest absolute Gasteiger partial charge is 0.411 e. The van der Waals surface area contributed by atoms with Crippen molar-refractivity contribution in [3.63, 3.8) is 0 Å². The third-order valence-corrected chi connectivity index (χ3v) is 0.857. The van der Waals surface area contributed by atoms with E-state index in [-0.39, 0.29) is 11.7 Å². The van der Waals surface area contributed by atoms with Crippen LogP contribution < -0.4 is 5.32 Å². The molecule has 0 fully saturated rings. The number of carbonyl (C=O) groups is 1. The topological polar surface area (TPSA) is 95.3 Å². The van der Waals surface area contributed by atoms with Crippen molar-refractivity contribution in [2.45, 2.75) is 0 Å². The molecule has 0 aliphatic rings. The SMILES string of the molecule is O=C(O)Nc1ncc(O)cn1. The minimum absolute atomic E-state index is 0.0599. The van der Waals surface area contributed by atoms with Crippen LogP contribution in [0.3, 0.4) is 0 Å². The molecule has 0 radical (unpaired) electrons. The molecular formula is C5H5N3O3. The van der Waals surface area contributed by atoms with E-state index in [1.165, 1.54) is 0 Å². The van der Waals surface area contributed by atoms with Crippen molar-refractivity contribution in [3.05, 3.63) is 12.4 Å². The molecule has 0 aliphatic carbocycles. The van der Waals surface area contributed by atoms with Crippen LogP contribution >= 0.6 is 0 Å². The van der Waals surface area contributed by atoms with Gasteiger partial charge in [0.2, 0.25) is 5.95 Å². The van der Waals surface area contributed by atoms with Crippen LogP contribution in [0.25, 0.3) is 0 Å². The van der Waals surface area contributed by atoms with E-state index >= 15 is 0 Å². The molecule has 11 heavy (non-hydrogen) atoms. The maximum absolute atomic E-state index is 10.0. The van der Waals surface area contributed by atoms with Gasteiger partial charge in [-0.3, -0.25) is 5.32 Å². The summed E-state index contributed by atoms with van der Waals surface area (Å²) < 4.78 is 0. The highest BCUT2D eigenvalue weighted by atomic mass is 16.4.